The van der Waals surface area contributed by atoms with Crippen molar-refractivity contribution in [1.82, 2.24) is 15.6 Å². The van der Waals surface area contributed by atoms with E-state index < -0.39 is 12.7 Å². The molecule has 160 valence electrons. The van der Waals surface area contributed by atoms with Gasteiger partial charge in [0, 0.05) is 25.4 Å². The van der Waals surface area contributed by atoms with Crippen molar-refractivity contribution >= 4 is 29.9 Å². The summed E-state index contributed by atoms with van der Waals surface area (Å²) in [6.07, 6.45) is 0.844. The van der Waals surface area contributed by atoms with Gasteiger partial charge >= 0.3 is 6.61 Å². The number of aromatic nitrogens is 1. The standard InChI is InChI=1S/C19H24F2N4O3.HI/c1-3-22-19(24-11-13-4-9-17(27-2)23-10-13)25-12-16(26)14-5-7-15(8-6-14)28-18(20)21;/h4-10,16,18,26H,3,11-12H2,1-2H3,(H2,22,24,25);1H. The number of rotatable bonds is 9. The Labute approximate surface area is 185 Å². The third-order valence-electron chi connectivity index (χ3n) is 3.72. The summed E-state index contributed by atoms with van der Waals surface area (Å²) in [6, 6.07) is 9.49. The van der Waals surface area contributed by atoms with E-state index in [1.54, 1.807) is 19.4 Å². The number of nitrogens with one attached hydrogen (secondary N) is 2. The molecule has 0 fully saturated rings. The van der Waals surface area contributed by atoms with Crippen LogP contribution in [0.4, 0.5) is 8.78 Å². The van der Waals surface area contributed by atoms with E-state index in [2.05, 4.69) is 25.3 Å². The lowest BCUT2D eigenvalue weighted by molar-refractivity contribution is -0.0498. The summed E-state index contributed by atoms with van der Waals surface area (Å²) < 4.78 is 33.7. The first-order valence-corrected chi connectivity index (χ1v) is 8.75. The van der Waals surface area contributed by atoms with Crippen LogP contribution in [0, 0.1) is 0 Å². The van der Waals surface area contributed by atoms with E-state index in [-0.39, 0.29) is 36.3 Å². The maximum atomic E-state index is 12.2. The summed E-state index contributed by atoms with van der Waals surface area (Å²) in [6.45, 7) is 0.313. The maximum Gasteiger partial charge on any atom is 0.387 e. The molecule has 0 radical (unpaired) electrons. The first kappa shape index (κ1) is 24.8. The van der Waals surface area contributed by atoms with Crippen molar-refractivity contribution in [3.63, 3.8) is 0 Å². The minimum absolute atomic E-state index is 0. The predicted octanol–water partition coefficient (Wildman–Crippen LogP) is 3.10. The number of guanidine groups is 1. The lowest BCUT2D eigenvalue weighted by atomic mass is 10.1. The van der Waals surface area contributed by atoms with Crippen LogP contribution in [0.25, 0.3) is 0 Å². The van der Waals surface area contributed by atoms with Gasteiger partial charge in [-0.05, 0) is 30.2 Å². The average molecular weight is 522 g/mol. The third-order valence-corrected chi connectivity index (χ3v) is 3.72. The molecule has 1 heterocycles. The molecule has 1 unspecified atom stereocenters. The molecule has 0 aliphatic carbocycles. The maximum absolute atomic E-state index is 12.2. The van der Waals surface area contributed by atoms with E-state index in [4.69, 9.17) is 4.74 Å². The van der Waals surface area contributed by atoms with Gasteiger partial charge in [0.05, 0.1) is 19.8 Å². The Kier molecular flexibility index (Phi) is 11.2. The van der Waals surface area contributed by atoms with Crippen LogP contribution in [0.2, 0.25) is 0 Å². The minimum Gasteiger partial charge on any atom is -0.481 e. The zero-order valence-corrected chi connectivity index (χ0v) is 18.5. The molecule has 0 saturated carbocycles. The van der Waals surface area contributed by atoms with Crippen molar-refractivity contribution in [2.75, 3.05) is 20.2 Å². The average Bonchev–Trinajstić information content (AvgIpc) is 2.70. The Balaban J connectivity index is 0.00000420. The minimum atomic E-state index is -2.88. The van der Waals surface area contributed by atoms with Crippen LogP contribution in [0.15, 0.2) is 47.6 Å². The van der Waals surface area contributed by atoms with E-state index in [1.807, 2.05) is 13.0 Å². The van der Waals surface area contributed by atoms with E-state index in [0.29, 0.717) is 30.5 Å². The lowest BCUT2D eigenvalue weighted by Gasteiger charge is -2.16. The number of halogens is 3. The molecule has 0 aliphatic rings. The highest BCUT2D eigenvalue weighted by molar-refractivity contribution is 14.0. The summed E-state index contributed by atoms with van der Waals surface area (Å²) in [5.74, 6) is 1.11. The Morgan fingerprint density at radius 3 is 2.45 bits per heavy atom. The summed E-state index contributed by atoms with van der Waals surface area (Å²) in [4.78, 5) is 8.58. The second-order valence-electron chi connectivity index (χ2n) is 5.75. The van der Waals surface area contributed by atoms with Crippen LogP contribution in [-0.2, 0) is 6.54 Å². The zero-order chi connectivity index (χ0) is 20.4. The van der Waals surface area contributed by atoms with Crippen molar-refractivity contribution in [1.29, 1.82) is 0 Å². The van der Waals surface area contributed by atoms with E-state index in [9.17, 15) is 13.9 Å². The van der Waals surface area contributed by atoms with Gasteiger partial charge < -0.3 is 25.2 Å². The molecule has 29 heavy (non-hydrogen) atoms. The van der Waals surface area contributed by atoms with Gasteiger partial charge in [0.1, 0.15) is 5.75 Å². The highest BCUT2D eigenvalue weighted by Crippen LogP contribution is 2.19. The van der Waals surface area contributed by atoms with Crippen molar-refractivity contribution in [3.8, 4) is 11.6 Å². The number of hydrogen-bond donors (Lipinski definition) is 3. The number of alkyl halides is 2. The number of aliphatic hydroxyl groups is 1. The summed E-state index contributed by atoms with van der Waals surface area (Å²) in [5.41, 5.74) is 1.48. The molecule has 10 heteroatoms. The van der Waals surface area contributed by atoms with E-state index in [1.165, 1.54) is 24.3 Å². The summed E-state index contributed by atoms with van der Waals surface area (Å²) in [5, 5.41) is 16.4. The number of aliphatic hydroxyl groups excluding tert-OH is 1. The first-order valence-electron chi connectivity index (χ1n) is 8.75. The molecule has 3 N–H and O–H groups in total. The highest BCUT2D eigenvalue weighted by atomic mass is 127. The number of pyridine rings is 1. The van der Waals surface area contributed by atoms with Crippen LogP contribution >= 0.6 is 24.0 Å². The van der Waals surface area contributed by atoms with Crippen molar-refractivity contribution in [2.45, 2.75) is 26.2 Å². The van der Waals surface area contributed by atoms with Crippen molar-refractivity contribution < 1.29 is 23.4 Å². The largest absolute Gasteiger partial charge is 0.481 e. The van der Waals surface area contributed by atoms with Gasteiger partial charge in [-0.2, -0.15) is 8.78 Å². The SMILES string of the molecule is CCNC(=NCc1ccc(OC)nc1)NCC(O)c1ccc(OC(F)F)cc1.I. The molecular formula is C19H25F2IN4O3. The van der Waals surface area contributed by atoms with Gasteiger partial charge in [-0.3, -0.25) is 0 Å². The van der Waals surface area contributed by atoms with Crippen molar-refractivity contribution in [2.24, 2.45) is 4.99 Å². The van der Waals surface area contributed by atoms with Gasteiger partial charge in [0.2, 0.25) is 5.88 Å². The molecule has 7 nitrogen and oxygen atoms in total. The second-order valence-corrected chi connectivity index (χ2v) is 5.75. The number of hydrogen-bond acceptors (Lipinski definition) is 5. The van der Waals surface area contributed by atoms with Crippen LogP contribution in [0.3, 0.4) is 0 Å². The summed E-state index contributed by atoms with van der Waals surface area (Å²) in [7, 11) is 1.55. The van der Waals surface area contributed by atoms with E-state index in [0.717, 1.165) is 5.56 Å². The summed E-state index contributed by atoms with van der Waals surface area (Å²) >= 11 is 0. The quantitative estimate of drug-likeness (QED) is 0.267. The highest BCUT2D eigenvalue weighted by Gasteiger charge is 2.10. The molecule has 0 amide bonds. The Bertz CT molecular complexity index is 746. The van der Waals surface area contributed by atoms with Gasteiger partial charge in [-0.25, -0.2) is 9.98 Å². The van der Waals surface area contributed by atoms with Gasteiger partial charge in [-0.15, -0.1) is 24.0 Å². The monoisotopic (exact) mass is 522 g/mol. The second kappa shape index (κ2) is 13.1. The van der Waals surface area contributed by atoms with Gasteiger partial charge in [0.25, 0.3) is 0 Å². The topological polar surface area (TPSA) is 88.0 Å². The molecule has 0 spiro atoms. The zero-order valence-electron chi connectivity index (χ0n) is 16.1. The lowest BCUT2D eigenvalue weighted by Crippen LogP contribution is -2.39. The molecule has 2 aromatic rings. The number of aliphatic imine (C=N–C) groups is 1. The molecule has 0 aliphatic heterocycles. The molecule has 1 aromatic heterocycles. The van der Waals surface area contributed by atoms with Crippen LogP contribution in [-0.4, -0.2) is 42.9 Å². The molecule has 2 rings (SSSR count). The molecule has 0 saturated heterocycles. The van der Waals surface area contributed by atoms with Crippen LogP contribution in [0.1, 0.15) is 24.2 Å². The Morgan fingerprint density at radius 2 is 1.90 bits per heavy atom. The molecular weight excluding hydrogens is 497 g/mol. The molecule has 1 aromatic carbocycles. The Hall–Kier alpha value is -2.21. The van der Waals surface area contributed by atoms with Gasteiger partial charge in [-0.1, -0.05) is 18.2 Å². The Morgan fingerprint density at radius 1 is 1.17 bits per heavy atom. The molecule has 1 atom stereocenters. The van der Waals surface area contributed by atoms with Crippen molar-refractivity contribution in [3.05, 3.63) is 53.7 Å². The smallest absolute Gasteiger partial charge is 0.387 e. The fraction of sp³-hybridized carbons (Fsp3) is 0.368. The fourth-order valence-corrected chi connectivity index (χ4v) is 2.32. The number of methoxy groups -OCH3 is 1. The van der Waals surface area contributed by atoms with Crippen LogP contribution in [0.5, 0.6) is 11.6 Å². The number of nitrogens with zero attached hydrogens (tertiary/aromatic N) is 2. The first-order chi connectivity index (χ1) is 13.5. The number of benzene rings is 1. The number of ether oxygens (including phenoxy) is 2. The fourth-order valence-electron chi connectivity index (χ4n) is 2.32. The van der Waals surface area contributed by atoms with Crippen LogP contribution < -0.4 is 20.1 Å². The van der Waals surface area contributed by atoms with E-state index >= 15 is 0 Å². The third kappa shape index (κ3) is 8.77. The predicted molar refractivity (Wildman–Crippen MR) is 117 cm³/mol. The molecule has 0 bridgehead atoms. The van der Waals surface area contributed by atoms with Gasteiger partial charge in [0.15, 0.2) is 5.96 Å². The normalized spacial score (nSPS) is 12.1.